The molecule has 0 atom stereocenters. The number of imidazole rings is 2. The molecule has 0 aliphatic heterocycles. The van der Waals surface area contributed by atoms with Gasteiger partial charge in [-0.15, -0.1) is 0 Å². The minimum Gasteiger partial charge on any atom is -0.493 e. The Morgan fingerprint density at radius 3 is 2.83 bits per heavy atom. The molecule has 0 unspecified atom stereocenters. The highest BCUT2D eigenvalue weighted by atomic mass is 16.5. The quantitative estimate of drug-likeness (QED) is 0.440. The number of carboxylic acids is 1. The third-order valence-corrected chi connectivity index (χ3v) is 4.36. The standard InChI is InChI=1S/C20H18N4O5/c1-28-16-5-2-12(8-17(16)29-11-19(26)27)20-21-6-7-24(20)13-3-4-14-15(9-13)23-18(10-25)22-14/h2-9,25H,10-11H2,1H3,(H,22,23)(H,26,27). The Balaban J connectivity index is 1.74. The number of aromatic amines is 1. The summed E-state index contributed by atoms with van der Waals surface area (Å²) < 4.78 is 12.5. The molecule has 0 aliphatic rings. The Bertz CT molecular complexity index is 1180. The molecule has 0 aliphatic carbocycles. The van der Waals surface area contributed by atoms with Crippen LogP contribution >= 0.6 is 0 Å². The maximum absolute atomic E-state index is 10.8. The third-order valence-electron chi connectivity index (χ3n) is 4.36. The van der Waals surface area contributed by atoms with Crippen molar-refractivity contribution >= 4 is 17.0 Å². The molecule has 9 nitrogen and oxygen atoms in total. The predicted molar refractivity (Wildman–Crippen MR) is 104 cm³/mol. The molecule has 0 fully saturated rings. The summed E-state index contributed by atoms with van der Waals surface area (Å²) in [4.78, 5) is 22.7. The van der Waals surface area contributed by atoms with Gasteiger partial charge in [0, 0.05) is 23.6 Å². The van der Waals surface area contributed by atoms with Crippen LogP contribution in [0.25, 0.3) is 28.1 Å². The highest BCUT2D eigenvalue weighted by Crippen LogP contribution is 2.33. The van der Waals surface area contributed by atoms with E-state index >= 15 is 0 Å². The lowest BCUT2D eigenvalue weighted by molar-refractivity contribution is -0.139. The number of nitrogens with zero attached hydrogens (tertiary/aromatic N) is 3. The van der Waals surface area contributed by atoms with Gasteiger partial charge < -0.3 is 24.7 Å². The Kier molecular flexibility index (Phi) is 4.88. The molecule has 4 rings (SSSR count). The molecule has 0 amide bonds. The lowest BCUT2D eigenvalue weighted by Gasteiger charge is -2.12. The van der Waals surface area contributed by atoms with Gasteiger partial charge in [0.05, 0.1) is 18.1 Å². The zero-order valence-corrected chi connectivity index (χ0v) is 15.5. The summed E-state index contributed by atoms with van der Waals surface area (Å²) in [5, 5.41) is 18.1. The number of H-pyrrole nitrogens is 1. The summed E-state index contributed by atoms with van der Waals surface area (Å²) in [6, 6.07) is 10.9. The first-order valence-corrected chi connectivity index (χ1v) is 8.75. The number of benzene rings is 2. The average molecular weight is 394 g/mol. The summed E-state index contributed by atoms with van der Waals surface area (Å²) in [5.74, 6) is 0.823. The van der Waals surface area contributed by atoms with Crippen LogP contribution in [0.2, 0.25) is 0 Å². The van der Waals surface area contributed by atoms with Crippen molar-refractivity contribution in [3.8, 4) is 28.6 Å². The number of fused-ring (bicyclic) bond motifs is 1. The van der Waals surface area contributed by atoms with E-state index in [4.69, 9.17) is 14.6 Å². The minimum absolute atomic E-state index is 0.161. The molecule has 0 bridgehead atoms. The molecule has 0 spiro atoms. The molecule has 148 valence electrons. The lowest BCUT2D eigenvalue weighted by atomic mass is 10.1. The van der Waals surface area contributed by atoms with Gasteiger partial charge in [-0.3, -0.25) is 4.57 Å². The average Bonchev–Trinajstić information content (AvgIpc) is 3.38. The summed E-state index contributed by atoms with van der Waals surface area (Å²) in [6.07, 6.45) is 3.50. The molecule has 0 saturated heterocycles. The molecular formula is C20H18N4O5. The van der Waals surface area contributed by atoms with Crippen LogP contribution in [0.1, 0.15) is 5.82 Å². The van der Waals surface area contributed by atoms with Gasteiger partial charge in [0.1, 0.15) is 18.3 Å². The van der Waals surface area contributed by atoms with E-state index in [9.17, 15) is 9.90 Å². The molecule has 2 aromatic carbocycles. The fourth-order valence-corrected chi connectivity index (χ4v) is 3.07. The number of aliphatic carboxylic acids is 1. The minimum atomic E-state index is -1.07. The molecule has 0 saturated carbocycles. The van der Waals surface area contributed by atoms with Crippen molar-refractivity contribution in [3.05, 3.63) is 54.6 Å². The highest BCUT2D eigenvalue weighted by molar-refractivity contribution is 5.78. The second-order valence-corrected chi connectivity index (χ2v) is 6.21. The first-order valence-electron chi connectivity index (χ1n) is 8.75. The van der Waals surface area contributed by atoms with Crippen molar-refractivity contribution in [1.29, 1.82) is 0 Å². The summed E-state index contributed by atoms with van der Waals surface area (Å²) in [6.45, 7) is -0.636. The number of aromatic nitrogens is 4. The van der Waals surface area contributed by atoms with Gasteiger partial charge in [0.25, 0.3) is 0 Å². The number of carbonyl (C=O) groups is 1. The van der Waals surface area contributed by atoms with E-state index in [2.05, 4.69) is 15.0 Å². The van der Waals surface area contributed by atoms with Crippen molar-refractivity contribution in [2.45, 2.75) is 6.61 Å². The fraction of sp³-hybridized carbons (Fsp3) is 0.150. The van der Waals surface area contributed by atoms with E-state index in [1.807, 2.05) is 35.0 Å². The third kappa shape index (κ3) is 3.63. The number of methoxy groups -OCH3 is 1. The predicted octanol–water partition coefficient (Wildman–Crippen LogP) is 2.38. The van der Waals surface area contributed by atoms with Crippen molar-refractivity contribution < 1.29 is 24.5 Å². The van der Waals surface area contributed by atoms with Crippen LogP contribution in [0.15, 0.2) is 48.8 Å². The number of ether oxygens (including phenoxy) is 2. The van der Waals surface area contributed by atoms with Crippen LogP contribution < -0.4 is 9.47 Å². The molecule has 3 N–H and O–H groups in total. The van der Waals surface area contributed by atoms with Gasteiger partial charge in [-0.2, -0.15) is 0 Å². The number of aliphatic hydroxyl groups is 1. The van der Waals surface area contributed by atoms with Crippen molar-refractivity contribution in [2.75, 3.05) is 13.7 Å². The molecule has 0 radical (unpaired) electrons. The molecule has 29 heavy (non-hydrogen) atoms. The Morgan fingerprint density at radius 2 is 2.07 bits per heavy atom. The SMILES string of the molecule is COc1ccc(-c2nccn2-c2ccc3nc(CO)[nH]c3c2)cc1OCC(=O)O. The van der Waals surface area contributed by atoms with E-state index in [0.717, 1.165) is 22.3 Å². The summed E-state index contributed by atoms with van der Waals surface area (Å²) >= 11 is 0. The van der Waals surface area contributed by atoms with E-state index in [1.54, 1.807) is 18.3 Å². The second-order valence-electron chi connectivity index (χ2n) is 6.21. The smallest absolute Gasteiger partial charge is 0.341 e. The van der Waals surface area contributed by atoms with Crippen LogP contribution in [0, 0.1) is 0 Å². The van der Waals surface area contributed by atoms with Gasteiger partial charge in [-0.1, -0.05) is 0 Å². The van der Waals surface area contributed by atoms with Gasteiger partial charge in [-0.25, -0.2) is 14.8 Å². The van der Waals surface area contributed by atoms with Crippen molar-refractivity contribution in [1.82, 2.24) is 19.5 Å². The van der Waals surface area contributed by atoms with Gasteiger partial charge in [0.2, 0.25) is 0 Å². The van der Waals surface area contributed by atoms with Crippen molar-refractivity contribution in [3.63, 3.8) is 0 Å². The van der Waals surface area contributed by atoms with Crippen LogP contribution in [-0.4, -0.2) is 49.4 Å². The first kappa shape index (κ1) is 18.5. The zero-order valence-electron chi connectivity index (χ0n) is 15.5. The molecule has 9 heteroatoms. The molecule has 2 aromatic heterocycles. The zero-order chi connectivity index (χ0) is 20.4. The fourth-order valence-electron chi connectivity index (χ4n) is 3.07. The summed E-state index contributed by atoms with van der Waals surface area (Å²) in [7, 11) is 1.49. The van der Waals surface area contributed by atoms with Crippen LogP contribution in [0.4, 0.5) is 0 Å². The van der Waals surface area contributed by atoms with Crippen molar-refractivity contribution in [2.24, 2.45) is 0 Å². The molecule has 4 aromatic rings. The number of carboxylic acid groups (broad SMARTS) is 1. The topological polar surface area (TPSA) is 122 Å². The number of rotatable bonds is 7. The molecule has 2 heterocycles. The summed E-state index contributed by atoms with van der Waals surface area (Å²) in [5.41, 5.74) is 3.14. The number of nitrogens with one attached hydrogen (secondary N) is 1. The first-order chi connectivity index (χ1) is 14.1. The van der Waals surface area contributed by atoms with E-state index in [-0.39, 0.29) is 6.61 Å². The van der Waals surface area contributed by atoms with E-state index in [0.29, 0.717) is 23.1 Å². The molecular weight excluding hydrogens is 376 g/mol. The normalized spacial score (nSPS) is 11.0. The van der Waals surface area contributed by atoms with Gasteiger partial charge in [-0.05, 0) is 36.4 Å². The largest absolute Gasteiger partial charge is 0.493 e. The van der Waals surface area contributed by atoms with Crippen LogP contribution in [-0.2, 0) is 11.4 Å². The maximum atomic E-state index is 10.8. The van der Waals surface area contributed by atoms with E-state index in [1.165, 1.54) is 7.11 Å². The Labute approximate surface area is 165 Å². The van der Waals surface area contributed by atoms with Gasteiger partial charge in [0.15, 0.2) is 18.1 Å². The Morgan fingerprint density at radius 1 is 1.21 bits per heavy atom. The van der Waals surface area contributed by atoms with Crippen LogP contribution in [0.3, 0.4) is 0 Å². The number of aliphatic hydroxyl groups excluding tert-OH is 1. The van der Waals surface area contributed by atoms with Gasteiger partial charge >= 0.3 is 5.97 Å². The number of hydrogen-bond donors (Lipinski definition) is 3. The second kappa shape index (κ2) is 7.64. The van der Waals surface area contributed by atoms with Crippen LogP contribution in [0.5, 0.6) is 11.5 Å². The lowest BCUT2D eigenvalue weighted by Crippen LogP contribution is -2.10. The van der Waals surface area contributed by atoms with E-state index < -0.39 is 12.6 Å². The number of hydrogen-bond acceptors (Lipinski definition) is 6. The Hall–Kier alpha value is -3.85. The highest BCUT2D eigenvalue weighted by Gasteiger charge is 2.14. The monoisotopic (exact) mass is 394 g/mol. The maximum Gasteiger partial charge on any atom is 0.341 e.